The fourth-order valence-electron chi connectivity index (χ4n) is 2.04. The molecule has 0 saturated heterocycles. The molecular weight excluding hydrogens is 258 g/mol. The van der Waals surface area contributed by atoms with Crippen LogP contribution in [0.2, 0.25) is 0 Å². The van der Waals surface area contributed by atoms with E-state index in [1.165, 1.54) is 15.3 Å². The van der Waals surface area contributed by atoms with Gasteiger partial charge in [0.1, 0.15) is 5.75 Å². The minimum atomic E-state index is -0.221. The summed E-state index contributed by atoms with van der Waals surface area (Å²) in [5.74, 6) is 0.632. The number of rotatable bonds is 3. The summed E-state index contributed by atoms with van der Waals surface area (Å²) >= 11 is 0. The van der Waals surface area contributed by atoms with Crippen molar-refractivity contribution in [2.45, 2.75) is 6.54 Å². The number of anilines is 1. The maximum absolute atomic E-state index is 12.2. The van der Waals surface area contributed by atoms with Crippen molar-refractivity contribution in [2.75, 3.05) is 12.8 Å². The lowest BCUT2D eigenvalue weighted by Gasteiger charge is -2.08. The van der Waals surface area contributed by atoms with Gasteiger partial charge in [0.2, 0.25) is 0 Å². The average Bonchev–Trinajstić information content (AvgIpc) is 2.78. The van der Waals surface area contributed by atoms with Gasteiger partial charge in [-0.1, -0.05) is 6.07 Å². The molecule has 7 heteroatoms. The Kier molecular flexibility index (Phi) is 2.86. The molecule has 3 rings (SSSR count). The molecule has 2 N–H and O–H groups in total. The Balaban J connectivity index is 2.05. The Labute approximate surface area is 114 Å². The molecule has 0 radical (unpaired) electrons. The Morgan fingerprint density at radius 3 is 3.00 bits per heavy atom. The number of nitrogens with two attached hydrogens (primary N) is 1. The Hall–Kier alpha value is -2.83. The molecule has 0 spiro atoms. The number of nitrogens with zero attached hydrogens (tertiary/aromatic N) is 4. The largest absolute Gasteiger partial charge is 0.496 e. The highest BCUT2D eigenvalue weighted by Crippen LogP contribution is 2.21. The first kappa shape index (κ1) is 12.2. The van der Waals surface area contributed by atoms with E-state index in [-0.39, 0.29) is 5.69 Å². The lowest BCUT2D eigenvalue weighted by molar-refractivity contribution is 0.407. The lowest BCUT2D eigenvalue weighted by atomic mass is 10.2. The van der Waals surface area contributed by atoms with Crippen LogP contribution in [0.25, 0.3) is 5.65 Å². The van der Waals surface area contributed by atoms with Crippen molar-refractivity contribution in [3.8, 4) is 5.75 Å². The Morgan fingerprint density at radius 2 is 2.25 bits per heavy atom. The van der Waals surface area contributed by atoms with Crippen LogP contribution in [0.3, 0.4) is 0 Å². The molecule has 0 aliphatic rings. The summed E-state index contributed by atoms with van der Waals surface area (Å²) in [7, 11) is 1.56. The van der Waals surface area contributed by atoms with Crippen LogP contribution in [0.5, 0.6) is 5.75 Å². The summed E-state index contributed by atoms with van der Waals surface area (Å²) in [5, 5.41) is 4.22. The van der Waals surface area contributed by atoms with Crippen molar-refractivity contribution in [2.24, 2.45) is 0 Å². The van der Waals surface area contributed by atoms with E-state index in [1.54, 1.807) is 31.6 Å². The van der Waals surface area contributed by atoms with E-state index in [0.29, 0.717) is 23.6 Å². The Morgan fingerprint density at radius 1 is 1.40 bits per heavy atom. The zero-order chi connectivity index (χ0) is 14.1. The molecule has 0 amide bonds. The van der Waals surface area contributed by atoms with E-state index in [9.17, 15) is 4.79 Å². The van der Waals surface area contributed by atoms with Crippen molar-refractivity contribution in [3.63, 3.8) is 0 Å². The molecule has 20 heavy (non-hydrogen) atoms. The average molecular weight is 271 g/mol. The number of fused-ring (bicyclic) bond motifs is 1. The highest BCUT2D eigenvalue weighted by molar-refractivity contribution is 5.48. The third-order valence-electron chi connectivity index (χ3n) is 3.02. The van der Waals surface area contributed by atoms with E-state index in [0.717, 1.165) is 5.56 Å². The van der Waals surface area contributed by atoms with E-state index >= 15 is 0 Å². The third-order valence-corrected chi connectivity index (χ3v) is 3.02. The number of hydrogen-bond acceptors (Lipinski definition) is 5. The highest BCUT2D eigenvalue weighted by atomic mass is 16.5. The molecule has 3 aromatic rings. The van der Waals surface area contributed by atoms with E-state index < -0.39 is 0 Å². The SMILES string of the molecule is COc1cc(N)ccc1Cn1nc2cnccn2c1=O. The standard InChI is InChI=1S/C13H13N5O2/c1-20-11-6-10(14)3-2-9(11)8-18-13(19)17-5-4-15-7-12(17)16-18/h2-7H,8,14H2,1H3. The normalized spacial score (nSPS) is 10.8. The van der Waals surface area contributed by atoms with Crippen molar-refractivity contribution in [3.05, 3.63) is 52.8 Å². The van der Waals surface area contributed by atoms with Gasteiger partial charge in [-0.2, -0.15) is 0 Å². The van der Waals surface area contributed by atoms with Crippen LogP contribution in [0.15, 0.2) is 41.6 Å². The topological polar surface area (TPSA) is 87.4 Å². The summed E-state index contributed by atoms with van der Waals surface area (Å²) in [6.07, 6.45) is 4.67. The fourth-order valence-corrected chi connectivity index (χ4v) is 2.04. The summed E-state index contributed by atoms with van der Waals surface area (Å²) in [6.45, 7) is 0.309. The number of methoxy groups -OCH3 is 1. The second-order valence-corrected chi connectivity index (χ2v) is 4.32. The Bertz CT molecular complexity index is 821. The number of ether oxygens (including phenoxy) is 1. The van der Waals surface area contributed by atoms with Gasteiger partial charge in [0.05, 0.1) is 19.9 Å². The molecule has 0 aliphatic carbocycles. The second-order valence-electron chi connectivity index (χ2n) is 4.32. The van der Waals surface area contributed by atoms with Crippen LogP contribution >= 0.6 is 0 Å². The van der Waals surface area contributed by atoms with E-state index in [4.69, 9.17) is 10.5 Å². The van der Waals surface area contributed by atoms with Crippen LogP contribution in [0, 0.1) is 0 Å². The predicted molar refractivity (Wildman–Crippen MR) is 73.8 cm³/mol. The van der Waals surface area contributed by atoms with Gasteiger partial charge in [-0.15, -0.1) is 5.10 Å². The molecule has 2 aromatic heterocycles. The van der Waals surface area contributed by atoms with Crippen molar-refractivity contribution in [1.82, 2.24) is 19.2 Å². The van der Waals surface area contributed by atoms with Gasteiger partial charge < -0.3 is 10.5 Å². The van der Waals surface area contributed by atoms with Gasteiger partial charge in [-0.25, -0.2) is 13.9 Å². The van der Waals surface area contributed by atoms with Crippen molar-refractivity contribution < 1.29 is 4.74 Å². The maximum Gasteiger partial charge on any atom is 0.350 e. The van der Waals surface area contributed by atoms with Gasteiger partial charge in [-0.3, -0.25) is 4.98 Å². The molecule has 0 atom stereocenters. The van der Waals surface area contributed by atoms with Crippen molar-refractivity contribution >= 4 is 11.3 Å². The van der Waals surface area contributed by atoms with Gasteiger partial charge in [0.15, 0.2) is 5.65 Å². The first-order chi connectivity index (χ1) is 9.69. The predicted octanol–water partition coefficient (Wildman–Crippen LogP) is 0.530. The smallest absolute Gasteiger partial charge is 0.350 e. The van der Waals surface area contributed by atoms with Crippen molar-refractivity contribution in [1.29, 1.82) is 0 Å². The van der Waals surface area contributed by atoms with Crippen LogP contribution in [0.4, 0.5) is 5.69 Å². The molecular formula is C13H13N5O2. The first-order valence-electron chi connectivity index (χ1n) is 6.00. The molecule has 0 aliphatic heterocycles. The zero-order valence-corrected chi connectivity index (χ0v) is 10.9. The maximum atomic E-state index is 12.2. The molecule has 2 heterocycles. The lowest BCUT2D eigenvalue weighted by Crippen LogP contribution is -2.21. The van der Waals surface area contributed by atoms with Gasteiger partial charge >= 0.3 is 5.69 Å². The summed E-state index contributed by atoms with van der Waals surface area (Å²) in [4.78, 5) is 16.1. The number of hydrogen-bond donors (Lipinski definition) is 1. The molecule has 0 bridgehead atoms. The van der Waals surface area contributed by atoms with Gasteiger partial charge in [-0.05, 0) is 6.07 Å². The molecule has 0 fully saturated rings. The number of benzene rings is 1. The molecule has 1 aromatic carbocycles. The number of aromatic nitrogens is 4. The minimum Gasteiger partial charge on any atom is -0.496 e. The quantitative estimate of drug-likeness (QED) is 0.702. The number of nitrogen functional groups attached to an aromatic ring is 1. The van der Waals surface area contributed by atoms with Crippen LogP contribution < -0.4 is 16.2 Å². The molecule has 102 valence electrons. The van der Waals surface area contributed by atoms with Gasteiger partial charge in [0, 0.05) is 29.7 Å². The van der Waals surface area contributed by atoms with E-state index in [2.05, 4.69) is 10.1 Å². The van der Waals surface area contributed by atoms with Gasteiger partial charge in [0.25, 0.3) is 0 Å². The van der Waals surface area contributed by atoms with E-state index in [1.807, 2.05) is 6.07 Å². The van der Waals surface area contributed by atoms with Crippen LogP contribution in [0.1, 0.15) is 5.56 Å². The second kappa shape index (κ2) is 4.69. The van der Waals surface area contributed by atoms with Crippen LogP contribution in [-0.4, -0.2) is 26.3 Å². The summed E-state index contributed by atoms with van der Waals surface area (Å²) in [5.41, 5.74) is 7.44. The molecule has 7 nitrogen and oxygen atoms in total. The first-order valence-corrected chi connectivity index (χ1v) is 6.00. The molecule has 0 unspecified atom stereocenters. The fraction of sp³-hybridized carbons (Fsp3) is 0.154. The third kappa shape index (κ3) is 1.99. The monoisotopic (exact) mass is 271 g/mol. The van der Waals surface area contributed by atoms with Crippen LogP contribution in [-0.2, 0) is 6.54 Å². The highest BCUT2D eigenvalue weighted by Gasteiger charge is 2.10. The summed E-state index contributed by atoms with van der Waals surface area (Å²) < 4.78 is 8.08. The summed E-state index contributed by atoms with van der Waals surface area (Å²) in [6, 6.07) is 5.31. The zero-order valence-electron chi connectivity index (χ0n) is 10.9. The minimum absolute atomic E-state index is 0.221. The molecule has 0 saturated carbocycles.